The molecule has 2 aliphatic rings. The molecular formula is C26H24N4O2. The normalized spacial score (nSPS) is 15.8. The zero-order valence-corrected chi connectivity index (χ0v) is 18.2. The molecule has 4 aromatic rings. The fraction of sp³-hybridized carbons (Fsp3) is 0.231. The Labute approximate surface area is 186 Å². The Hall–Kier alpha value is -3.64. The molecule has 2 heterocycles. The van der Waals surface area contributed by atoms with Crippen molar-refractivity contribution >= 4 is 33.7 Å². The van der Waals surface area contributed by atoms with Crippen LogP contribution in [-0.4, -0.2) is 49.1 Å². The highest BCUT2D eigenvalue weighted by atomic mass is 16.5. The summed E-state index contributed by atoms with van der Waals surface area (Å²) in [6.07, 6.45) is 0. The van der Waals surface area contributed by atoms with Crippen LogP contribution in [0.1, 0.15) is 21.5 Å². The molecule has 6 rings (SSSR count). The number of carbonyl (C=O) groups is 1. The Kier molecular flexibility index (Phi) is 4.30. The molecule has 6 heteroatoms. The summed E-state index contributed by atoms with van der Waals surface area (Å²) in [6, 6.07) is 17.9. The molecule has 1 aliphatic carbocycles. The van der Waals surface area contributed by atoms with Gasteiger partial charge in [-0.1, -0.05) is 41.6 Å². The molecule has 32 heavy (non-hydrogen) atoms. The van der Waals surface area contributed by atoms with Gasteiger partial charge < -0.3 is 19.6 Å². The van der Waals surface area contributed by atoms with Crippen molar-refractivity contribution in [2.75, 3.05) is 43.4 Å². The Morgan fingerprint density at radius 2 is 1.75 bits per heavy atom. The molecule has 1 aliphatic heterocycles. The third-order valence-corrected chi connectivity index (χ3v) is 6.52. The van der Waals surface area contributed by atoms with Crippen molar-refractivity contribution in [1.29, 1.82) is 0 Å². The van der Waals surface area contributed by atoms with E-state index in [4.69, 9.17) is 4.52 Å². The van der Waals surface area contributed by atoms with Crippen molar-refractivity contribution in [2.24, 2.45) is 0 Å². The topological polar surface area (TPSA) is 61.6 Å². The lowest BCUT2D eigenvalue weighted by Crippen LogP contribution is -2.44. The predicted octanol–water partition coefficient (Wildman–Crippen LogP) is 4.84. The number of nitrogens with zero attached hydrogens (tertiary/aromatic N) is 3. The first-order chi connectivity index (χ1) is 15.6. The molecule has 0 unspecified atom stereocenters. The Morgan fingerprint density at radius 3 is 2.53 bits per heavy atom. The van der Waals surface area contributed by atoms with Crippen LogP contribution in [0.2, 0.25) is 0 Å². The van der Waals surface area contributed by atoms with Gasteiger partial charge in [-0.25, -0.2) is 0 Å². The van der Waals surface area contributed by atoms with Crippen LogP contribution in [0.15, 0.2) is 59.1 Å². The molecule has 0 amide bonds. The van der Waals surface area contributed by atoms with Gasteiger partial charge in [0.25, 0.3) is 0 Å². The maximum absolute atomic E-state index is 13.7. The van der Waals surface area contributed by atoms with E-state index in [1.807, 2.05) is 36.4 Å². The second kappa shape index (κ2) is 7.21. The number of aromatic nitrogens is 1. The summed E-state index contributed by atoms with van der Waals surface area (Å²) in [7, 11) is 2.14. The van der Waals surface area contributed by atoms with Crippen molar-refractivity contribution < 1.29 is 9.32 Å². The third kappa shape index (κ3) is 2.91. The maximum Gasteiger partial charge on any atom is 0.196 e. The number of hydrogen-bond acceptors (Lipinski definition) is 6. The van der Waals surface area contributed by atoms with Crippen molar-refractivity contribution in [2.45, 2.75) is 6.92 Å². The Balaban J connectivity index is 1.59. The van der Waals surface area contributed by atoms with Crippen LogP contribution in [0.3, 0.4) is 0 Å². The molecule has 3 aromatic carbocycles. The molecule has 1 fully saturated rings. The summed E-state index contributed by atoms with van der Waals surface area (Å²) in [6.45, 7) is 5.84. The van der Waals surface area contributed by atoms with Crippen LogP contribution in [0.25, 0.3) is 22.2 Å². The third-order valence-electron chi connectivity index (χ3n) is 6.52. The minimum atomic E-state index is 0.00128. The molecule has 160 valence electrons. The average Bonchev–Trinajstić information content (AvgIpc) is 3.24. The minimum Gasteiger partial charge on any atom is -0.367 e. The van der Waals surface area contributed by atoms with Crippen molar-refractivity contribution in [3.63, 3.8) is 0 Å². The fourth-order valence-electron chi connectivity index (χ4n) is 4.81. The molecule has 1 N–H and O–H groups in total. The summed E-state index contributed by atoms with van der Waals surface area (Å²) in [5.41, 5.74) is 6.77. The van der Waals surface area contributed by atoms with Crippen LogP contribution >= 0.6 is 0 Å². The zero-order valence-electron chi connectivity index (χ0n) is 18.2. The van der Waals surface area contributed by atoms with Crippen LogP contribution in [0.4, 0.5) is 17.1 Å². The van der Waals surface area contributed by atoms with Gasteiger partial charge in [-0.15, -0.1) is 0 Å². The van der Waals surface area contributed by atoms with E-state index in [0.717, 1.165) is 65.3 Å². The first-order valence-electron chi connectivity index (χ1n) is 11.0. The molecule has 6 nitrogen and oxygen atoms in total. The summed E-state index contributed by atoms with van der Waals surface area (Å²) >= 11 is 0. The first-order valence-corrected chi connectivity index (χ1v) is 11.0. The lowest BCUT2D eigenvalue weighted by atomic mass is 9.86. The number of hydrogen-bond donors (Lipinski definition) is 1. The van der Waals surface area contributed by atoms with E-state index in [9.17, 15) is 4.79 Å². The summed E-state index contributed by atoms with van der Waals surface area (Å²) in [4.78, 5) is 18.3. The number of nitrogens with one attached hydrogen (secondary N) is 1. The van der Waals surface area contributed by atoms with Crippen LogP contribution in [0, 0.1) is 6.92 Å². The number of fused-ring (bicyclic) bond motifs is 2. The fourth-order valence-corrected chi connectivity index (χ4v) is 4.81. The van der Waals surface area contributed by atoms with E-state index in [-0.39, 0.29) is 5.78 Å². The van der Waals surface area contributed by atoms with Crippen LogP contribution in [0.5, 0.6) is 0 Å². The Bertz CT molecular complexity index is 1370. The molecule has 0 atom stereocenters. The number of ketones is 1. The number of anilines is 3. The smallest absolute Gasteiger partial charge is 0.196 e. The van der Waals surface area contributed by atoms with Gasteiger partial charge in [-0.3, -0.25) is 4.79 Å². The monoisotopic (exact) mass is 424 g/mol. The number of piperazine rings is 1. The van der Waals surface area contributed by atoms with E-state index < -0.39 is 0 Å². The van der Waals surface area contributed by atoms with Crippen LogP contribution < -0.4 is 10.2 Å². The molecule has 1 saturated heterocycles. The number of rotatable bonds is 3. The van der Waals surface area contributed by atoms with E-state index in [2.05, 4.69) is 52.4 Å². The lowest BCUT2D eigenvalue weighted by Gasteiger charge is -2.34. The first kappa shape index (κ1) is 19.1. The molecule has 0 saturated carbocycles. The summed E-state index contributed by atoms with van der Waals surface area (Å²) in [5.74, 6) is 0.676. The molecule has 1 aromatic heterocycles. The van der Waals surface area contributed by atoms with Crippen LogP contribution in [-0.2, 0) is 0 Å². The van der Waals surface area contributed by atoms with E-state index in [1.54, 1.807) is 0 Å². The van der Waals surface area contributed by atoms with E-state index in [0.29, 0.717) is 16.9 Å². The second-order valence-corrected chi connectivity index (χ2v) is 8.71. The van der Waals surface area contributed by atoms with Gasteiger partial charge in [0.05, 0.1) is 22.3 Å². The van der Waals surface area contributed by atoms with E-state index in [1.165, 1.54) is 0 Å². The zero-order chi connectivity index (χ0) is 21.8. The number of likely N-dealkylation sites (N-methyl/N-ethyl adjacent to an activating group) is 1. The predicted molar refractivity (Wildman–Crippen MR) is 127 cm³/mol. The van der Waals surface area contributed by atoms with Gasteiger partial charge in [-0.2, -0.15) is 0 Å². The Morgan fingerprint density at radius 1 is 0.969 bits per heavy atom. The maximum atomic E-state index is 13.7. The van der Waals surface area contributed by atoms with Crippen molar-refractivity contribution in [1.82, 2.24) is 10.1 Å². The van der Waals surface area contributed by atoms with E-state index >= 15 is 0 Å². The number of aryl methyl sites for hydroxylation is 1. The highest BCUT2D eigenvalue weighted by molar-refractivity contribution is 6.28. The number of benzene rings is 3. The standard InChI is InChI=1S/C26H24N4O2/c1-16-6-5-7-17(14-16)27-20-15-21(30-12-10-29(2)11-13-30)24-23-22(20)25(31)18-8-3-4-9-19(18)26(23)32-28-24/h3-9,14-15,27H,10-13H2,1-2H3. The van der Waals surface area contributed by atoms with Gasteiger partial charge in [0.15, 0.2) is 11.5 Å². The minimum absolute atomic E-state index is 0.00128. The molecule has 0 bridgehead atoms. The SMILES string of the molecule is Cc1cccc(Nc2cc(N3CCN(C)CC3)c3noc4c3c2C(=O)c2ccccc2-4)c1. The average molecular weight is 425 g/mol. The summed E-state index contributed by atoms with van der Waals surface area (Å²) in [5, 5.41) is 8.81. The molecule has 0 radical (unpaired) electrons. The van der Waals surface area contributed by atoms with Crippen molar-refractivity contribution in [3.8, 4) is 11.3 Å². The quantitative estimate of drug-likeness (QED) is 0.447. The van der Waals surface area contributed by atoms with Gasteiger partial charge in [-0.05, 0) is 37.7 Å². The number of carbonyl (C=O) groups excluding carboxylic acids is 1. The highest BCUT2D eigenvalue weighted by Crippen LogP contribution is 2.46. The largest absolute Gasteiger partial charge is 0.367 e. The van der Waals surface area contributed by atoms with Gasteiger partial charge >= 0.3 is 0 Å². The second-order valence-electron chi connectivity index (χ2n) is 8.71. The van der Waals surface area contributed by atoms with Gasteiger partial charge in [0, 0.05) is 43.0 Å². The van der Waals surface area contributed by atoms with Gasteiger partial charge in [0.1, 0.15) is 5.52 Å². The summed E-state index contributed by atoms with van der Waals surface area (Å²) < 4.78 is 5.88. The highest BCUT2D eigenvalue weighted by Gasteiger charge is 2.34. The molecule has 0 spiro atoms. The van der Waals surface area contributed by atoms with Gasteiger partial charge in [0.2, 0.25) is 0 Å². The van der Waals surface area contributed by atoms with Crippen molar-refractivity contribution in [3.05, 3.63) is 71.3 Å². The lowest BCUT2D eigenvalue weighted by molar-refractivity contribution is 0.104. The molecular weight excluding hydrogens is 400 g/mol.